The second kappa shape index (κ2) is 8.06. The molecule has 6 heteroatoms. The molecule has 6 nitrogen and oxygen atoms in total. The third kappa shape index (κ3) is 4.06. The van der Waals surface area contributed by atoms with Crippen LogP contribution in [0.4, 0.5) is 5.69 Å². The van der Waals surface area contributed by atoms with Crippen LogP contribution >= 0.6 is 0 Å². The van der Waals surface area contributed by atoms with Crippen molar-refractivity contribution in [2.75, 3.05) is 5.32 Å². The normalized spacial score (nSPS) is 11.9. The van der Waals surface area contributed by atoms with Crippen LogP contribution in [0.5, 0.6) is 5.75 Å². The van der Waals surface area contributed by atoms with Crippen LogP contribution in [0.2, 0.25) is 0 Å². The quantitative estimate of drug-likeness (QED) is 0.532. The summed E-state index contributed by atoms with van der Waals surface area (Å²) < 4.78 is 12.3. The third-order valence-corrected chi connectivity index (χ3v) is 4.66. The highest BCUT2D eigenvalue weighted by Crippen LogP contribution is 2.20. The Kier molecular flexibility index (Phi) is 5.16. The van der Waals surface area contributed by atoms with Crippen LogP contribution < -0.4 is 15.8 Å². The maximum atomic E-state index is 12.7. The molecular weight excluding hydrogens is 368 g/mol. The van der Waals surface area contributed by atoms with E-state index in [-0.39, 0.29) is 5.91 Å². The topological polar surface area (TPSA) is 73.5 Å². The number of benzene rings is 3. The molecule has 146 valence electrons. The van der Waals surface area contributed by atoms with E-state index in [1.165, 1.54) is 4.57 Å². The van der Waals surface area contributed by atoms with E-state index in [1.807, 2.05) is 30.3 Å². The Bertz CT molecular complexity index is 1180. The minimum atomic E-state index is -0.722. The Hall–Kier alpha value is -3.80. The molecule has 1 N–H and O–H groups in total. The number of para-hydroxylation sites is 2. The third-order valence-electron chi connectivity index (χ3n) is 4.66. The van der Waals surface area contributed by atoms with Crippen molar-refractivity contribution in [3.8, 4) is 5.75 Å². The second-order valence-corrected chi connectivity index (χ2v) is 6.67. The van der Waals surface area contributed by atoms with Crippen molar-refractivity contribution in [1.29, 1.82) is 0 Å². The van der Waals surface area contributed by atoms with Crippen LogP contribution in [0.3, 0.4) is 0 Å². The molecular formula is C23H20N2O4. The Labute approximate surface area is 167 Å². The number of amides is 1. The number of hydrogen-bond acceptors (Lipinski definition) is 4. The molecule has 4 aromatic rings. The van der Waals surface area contributed by atoms with Gasteiger partial charge in [-0.3, -0.25) is 9.36 Å². The van der Waals surface area contributed by atoms with E-state index in [9.17, 15) is 9.59 Å². The maximum Gasteiger partial charge on any atom is 0.420 e. The number of nitrogens with zero attached hydrogens (tertiary/aromatic N) is 1. The van der Waals surface area contributed by atoms with Crippen molar-refractivity contribution < 1.29 is 13.9 Å². The number of ether oxygens (including phenoxy) is 1. The summed E-state index contributed by atoms with van der Waals surface area (Å²) in [6.07, 6.45) is 0. The van der Waals surface area contributed by atoms with E-state index in [4.69, 9.17) is 9.15 Å². The Morgan fingerprint density at radius 2 is 1.69 bits per heavy atom. The molecule has 0 saturated heterocycles. The van der Waals surface area contributed by atoms with Crippen LogP contribution in [-0.2, 0) is 11.4 Å². The van der Waals surface area contributed by atoms with Crippen molar-refractivity contribution in [2.24, 2.45) is 0 Å². The highest BCUT2D eigenvalue weighted by Gasteiger charge is 2.21. The van der Waals surface area contributed by atoms with Crippen LogP contribution in [0.15, 0.2) is 88.1 Å². The van der Waals surface area contributed by atoms with E-state index < -0.39 is 11.8 Å². The molecule has 0 fully saturated rings. The SMILES string of the molecule is C[C@@H](C(=O)Nc1ccc(OCc2ccccc2)cc1)n1c(=O)oc2ccccc21. The summed E-state index contributed by atoms with van der Waals surface area (Å²) in [5.74, 6) is -0.160. The van der Waals surface area contributed by atoms with Gasteiger partial charge in [0, 0.05) is 5.69 Å². The second-order valence-electron chi connectivity index (χ2n) is 6.67. The molecule has 0 aliphatic heterocycles. The fourth-order valence-corrected chi connectivity index (χ4v) is 3.09. The molecule has 0 bridgehead atoms. The number of anilines is 1. The molecule has 1 amide bonds. The molecule has 0 radical (unpaired) electrons. The lowest BCUT2D eigenvalue weighted by molar-refractivity contribution is -0.118. The highest BCUT2D eigenvalue weighted by molar-refractivity contribution is 5.94. The van der Waals surface area contributed by atoms with E-state index in [1.54, 1.807) is 55.5 Å². The summed E-state index contributed by atoms with van der Waals surface area (Å²) in [4.78, 5) is 24.8. The first-order valence-corrected chi connectivity index (χ1v) is 9.29. The van der Waals surface area contributed by atoms with Crippen molar-refractivity contribution in [3.05, 3.63) is 95.0 Å². The summed E-state index contributed by atoms with van der Waals surface area (Å²) in [5, 5.41) is 2.83. The molecule has 0 saturated carbocycles. The summed E-state index contributed by atoms with van der Waals surface area (Å²) >= 11 is 0. The Morgan fingerprint density at radius 1 is 1.00 bits per heavy atom. The van der Waals surface area contributed by atoms with Crippen molar-refractivity contribution >= 4 is 22.7 Å². The first-order valence-electron chi connectivity index (χ1n) is 9.29. The van der Waals surface area contributed by atoms with E-state index in [0.717, 1.165) is 5.56 Å². The molecule has 0 spiro atoms. The summed E-state index contributed by atoms with van der Waals surface area (Å²) in [6, 6.07) is 23.3. The summed E-state index contributed by atoms with van der Waals surface area (Å²) in [7, 11) is 0. The Balaban J connectivity index is 1.42. The summed E-state index contributed by atoms with van der Waals surface area (Å²) in [6.45, 7) is 2.14. The molecule has 4 rings (SSSR count). The lowest BCUT2D eigenvalue weighted by Crippen LogP contribution is -2.29. The van der Waals surface area contributed by atoms with Gasteiger partial charge >= 0.3 is 5.76 Å². The van der Waals surface area contributed by atoms with Crippen LogP contribution in [0.25, 0.3) is 11.1 Å². The minimum absolute atomic E-state index is 0.309. The molecule has 1 heterocycles. The molecule has 1 aromatic heterocycles. The lowest BCUT2D eigenvalue weighted by Gasteiger charge is -2.13. The van der Waals surface area contributed by atoms with Crippen molar-refractivity contribution in [2.45, 2.75) is 19.6 Å². The van der Waals surface area contributed by atoms with Gasteiger partial charge in [-0.2, -0.15) is 0 Å². The molecule has 1 atom stereocenters. The van der Waals surface area contributed by atoms with Crippen LogP contribution in [0, 0.1) is 0 Å². The fraction of sp³-hybridized carbons (Fsp3) is 0.130. The van der Waals surface area contributed by atoms with E-state index in [2.05, 4.69) is 5.32 Å². The van der Waals surface area contributed by atoms with Crippen LogP contribution in [0.1, 0.15) is 18.5 Å². The molecule has 3 aromatic carbocycles. The Morgan fingerprint density at radius 3 is 2.45 bits per heavy atom. The zero-order valence-electron chi connectivity index (χ0n) is 15.9. The number of hydrogen-bond donors (Lipinski definition) is 1. The number of rotatable bonds is 6. The van der Waals surface area contributed by atoms with Gasteiger partial charge in [0.15, 0.2) is 5.58 Å². The van der Waals surface area contributed by atoms with Gasteiger partial charge in [0.05, 0.1) is 5.52 Å². The van der Waals surface area contributed by atoms with Gasteiger partial charge in [0.25, 0.3) is 0 Å². The number of oxazole rings is 1. The molecule has 0 aliphatic rings. The molecule has 29 heavy (non-hydrogen) atoms. The first kappa shape index (κ1) is 18.6. The van der Waals surface area contributed by atoms with Gasteiger partial charge in [0.2, 0.25) is 5.91 Å². The molecule has 0 aliphatic carbocycles. The van der Waals surface area contributed by atoms with Crippen molar-refractivity contribution in [1.82, 2.24) is 4.57 Å². The molecule has 0 unspecified atom stereocenters. The van der Waals surface area contributed by atoms with Crippen LogP contribution in [-0.4, -0.2) is 10.5 Å². The maximum absolute atomic E-state index is 12.7. The monoisotopic (exact) mass is 388 g/mol. The lowest BCUT2D eigenvalue weighted by atomic mass is 10.2. The van der Waals surface area contributed by atoms with Crippen molar-refractivity contribution in [3.63, 3.8) is 0 Å². The number of carbonyl (C=O) groups excluding carboxylic acids is 1. The average Bonchev–Trinajstić information content (AvgIpc) is 3.09. The minimum Gasteiger partial charge on any atom is -0.489 e. The predicted molar refractivity (Wildman–Crippen MR) is 111 cm³/mol. The largest absolute Gasteiger partial charge is 0.489 e. The zero-order valence-corrected chi connectivity index (χ0v) is 15.9. The number of fused-ring (bicyclic) bond motifs is 1. The predicted octanol–water partition coefficient (Wildman–Crippen LogP) is 4.37. The standard InChI is InChI=1S/C23H20N2O4/c1-16(25-20-9-5-6-10-21(20)29-23(25)27)22(26)24-18-11-13-19(14-12-18)28-15-17-7-3-2-4-8-17/h2-14,16H,15H2,1H3,(H,24,26)/t16-/m0/s1. The smallest absolute Gasteiger partial charge is 0.420 e. The van der Waals surface area contributed by atoms with E-state index in [0.29, 0.717) is 29.1 Å². The zero-order chi connectivity index (χ0) is 20.2. The summed E-state index contributed by atoms with van der Waals surface area (Å²) in [5.41, 5.74) is 2.74. The highest BCUT2D eigenvalue weighted by atomic mass is 16.5. The van der Waals surface area contributed by atoms with Gasteiger partial charge in [-0.15, -0.1) is 0 Å². The van der Waals surface area contributed by atoms with Gasteiger partial charge < -0.3 is 14.5 Å². The number of nitrogens with one attached hydrogen (secondary N) is 1. The van der Waals surface area contributed by atoms with E-state index >= 15 is 0 Å². The van der Waals surface area contributed by atoms with Gasteiger partial charge in [-0.1, -0.05) is 42.5 Å². The average molecular weight is 388 g/mol. The number of carbonyl (C=O) groups is 1. The van der Waals surface area contributed by atoms with Gasteiger partial charge in [-0.05, 0) is 48.9 Å². The van der Waals surface area contributed by atoms with Gasteiger partial charge in [-0.25, -0.2) is 4.79 Å². The number of aromatic nitrogens is 1. The van der Waals surface area contributed by atoms with Gasteiger partial charge in [0.1, 0.15) is 18.4 Å². The fourth-order valence-electron chi connectivity index (χ4n) is 3.09. The first-order chi connectivity index (χ1) is 14.1.